The first-order valence-corrected chi connectivity index (χ1v) is 10.4. The van der Waals surface area contributed by atoms with Crippen molar-refractivity contribution in [3.8, 4) is 0 Å². The Hall–Kier alpha value is -2.60. The fourth-order valence-electron chi connectivity index (χ4n) is 3.78. The lowest BCUT2D eigenvalue weighted by Gasteiger charge is -2.08. The van der Waals surface area contributed by atoms with E-state index in [4.69, 9.17) is 9.15 Å². The van der Waals surface area contributed by atoms with Crippen LogP contribution < -0.4 is 5.32 Å². The van der Waals surface area contributed by atoms with Gasteiger partial charge in [0.25, 0.3) is 0 Å². The summed E-state index contributed by atoms with van der Waals surface area (Å²) in [6, 6.07) is 4.03. The number of benzene rings is 1. The molecule has 0 saturated carbocycles. The Balaban J connectivity index is 1.58. The summed E-state index contributed by atoms with van der Waals surface area (Å²) in [5.74, 6) is -0.511. The molecule has 28 heavy (non-hydrogen) atoms. The van der Waals surface area contributed by atoms with Crippen LogP contribution in [-0.4, -0.2) is 18.5 Å². The number of hydrogen-bond acceptors (Lipinski definition) is 5. The number of furan rings is 1. The first-order valence-electron chi connectivity index (χ1n) is 9.57. The van der Waals surface area contributed by atoms with E-state index in [-0.39, 0.29) is 18.3 Å². The van der Waals surface area contributed by atoms with Crippen molar-refractivity contribution in [2.24, 2.45) is 0 Å². The van der Waals surface area contributed by atoms with Gasteiger partial charge in [0.1, 0.15) is 10.6 Å². The molecule has 0 fully saturated rings. The zero-order chi connectivity index (χ0) is 19.8. The molecule has 1 aliphatic carbocycles. The molecule has 2 aromatic heterocycles. The number of rotatable bonds is 5. The van der Waals surface area contributed by atoms with Gasteiger partial charge in [-0.25, -0.2) is 4.79 Å². The maximum absolute atomic E-state index is 12.7. The highest BCUT2D eigenvalue weighted by Gasteiger charge is 2.28. The molecule has 0 radical (unpaired) electrons. The molecule has 6 heteroatoms. The van der Waals surface area contributed by atoms with Crippen molar-refractivity contribution in [2.45, 2.75) is 46.5 Å². The van der Waals surface area contributed by atoms with E-state index in [0.717, 1.165) is 52.5 Å². The summed E-state index contributed by atoms with van der Waals surface area (Å²) >= 11 is 1.50. The first kappa shape index (κ1) is 18.7. The second kappa shape index (κ2) is 7.43. The number of nitrogens with one attached hydrogen (secondary N) is 1. The van der Waals surface area contributed by atoms with Crippen LogP contribution in [0.2, 0.25) is 0 Å². The van der Waals surface area contributed by atoms with E-state index >= 15 is 0 Å². The Labute approximate surface area is 167 Å². The average molecular weight is 397 g/mol. The monoisotopic (exact) mass is 397 g/mol. The Morgan fingerprint density at radius 3 is 2.86 bits per heavy atom. The molecule has 5 nitrogen and oxygen atoms in total. The molecule has 0 saturated heterocycles. The van der Waals surface area contributed by atoms with Gasteiger partial charge in [-0.15, -0.1) is 11.3 Å². The summed E-state index contributed by atoms with van der Waals surface area (Å²) in [5.41, 5.74) is 5.49. The smallest absolute Gasteiger partial charge is 0.341 e. The number of hydrogen-bond donors (Lipinski definition) is 1. The van der Waals surface area contributed by atoms with Gasteiger partial charge in [-0.1, -0.05) is 12.1 Å². The Morgan fingerprint density at radius 2 is 2.07 bits per heavy atom. The quantitative estimate of drug-likeness (QED) is 0.618. The number of carbonyl (C=O) groups excluding carboxylic acids is 2. The summed E-state index contributed by atoms with van der Waals surface area (Å²) < 4.78 is 10.9. The molecule has 1 aliphatic rings. The maximum Gasteiger partial charge on any atom is 0.341 e. The number of ether oxygens (including phenoxy) is 1. The minimum atomic E-state index is -0.350. The van der Waals surface area contributed by atoms with Crippen LogP contribution >= 0.6 is 11.3 Å². The van der Waals surface area contributed by atoms with Crippen molar-refractivity contribution in [1.82, 2.24) is 0 Å². The molecule has 0 unspecified atom stereocenters. The number of fused-ring (bicyclic) bond motifs is 2. The van der Waals surface area contributed by atoms with Gasteiger partial charge in [0, 0.05) is 15.8 Å². The Morgan fingerprint density at radius 1 is 1.25 bits per heavy atom. The SMILES string of the molecule is CCOC(=O)c1c(NC(=O)Cc2coc3c(C)c(C)ccc23)sc2c1CCC2. The predicted molar refractivity (Wildman–Crippen MR) is 110 cm³/mol. The van der Waals surface area contributed by atoms with Crippen LogP contribution in [0.1, 0.15) is 50.8 Å². The van der Waals surface area contributed by atoms with Crippen molar-refractivity contribution in [1.29, 1.82) is 0 Å². The lowest BCUT2D eigenvalue weighted by Crippen LogP contribution is -2.16. The van der Waals surface area contributed by atoms with E-state index in [1.807, 2.05) is 26.0 Å². The Kier molecular flexibility index (Phi) is 4.98. The molecule has 0 spiro atoms. The molecule has 3 aromatic rings. The second-order valence-corrected chi connectivity index (χ2v) is 8.26. The van der Waals surface area contributed by atoms with Crippen molar-refractivity contribution in [2.75, 3.05) is 11.9 Å². The molecule has 0 aliphatic heterocycles. The minimum absolute atomic E-state index is 0.161. The van der Waals surface area contributed by atoms with Gasteiger partial charge in [0.15, 0.2) is 0 Å². The normalized spacial score (nSPS) is 13.0. The van der Waals surface area contributed by atoms with Crippen LogP contribution in [0.15, 0.2) is 22.8 Å². The fraction of sp³-hybridized carbons (Fsp3) is 0.364. The number of amides is 1. The van der Waals surface area contributed by atoms with Crippen molar-refractivity contribution >= 4 is 39.2 Å². The van der Waals surface area contributed by atoms with Crippen molar-refractivity contribution < 1.29 is 18.7 Å². The fourth-order valence-corrected chi connectivity index (χ4v) is 5.07. The van der Waals surface area contributed by atoms with E-state index in [0.29, 0.717) is 17.2 Å². The lowest BCUT2D eigenvalue weighted by molar-refractivity contribution is -0.115. The second-order valence-electron chi connectivity index (χ2n) is 7.15. The van der Waals surface area contributed by atoms with Crippen LogP contribution in [0.3, 0.4) is 0 Å². The predicted octanol–water partition coefficient (Wildman–Crippen LogP) is 4.96. The molecular weight excluding hydrogens is 374 g/mol. The highest BCUT2D eigenvalue weighted by Crippen LogP contribution is 2.39. The highest BCUT2D eigenvalue weighted by molar-refractivity contribution is 7.17. The van der Waals surface area contributed by atoms with Crippen LogP contribution in [-0.2, 0) is 28.8 Å². The van der Waals surface area contributed by atoms with E-state index < -0.39 is 0 Å². The number of thiophene rings is 1. The van der Waals surface area contributed by atoms with Crippen LogP contribution in [0.5, 0.6) is 0 Å². The molecule has 146 valence electrons. The van der Waals surface area contributed by atoms with E-state index in [1.165, 1.54) is 16.2 Å². The molecule has 1 aromatic carbocycles. The van der Waals surface area contributed by atoms with Gasteiger partial charge in [-0.05, 0) is 56.7 Å². The summed E-state index contributed by atoms with van der Waals surface area (Å²) in [6.45, 7) is 6.16. The van der Waals surface area contributed by atoms with Gasteiger partial charge in [0.05, 0.1) is 24.9 Å². The van der Waals surface area contributed by atoms with Crippen LogP contribution in [0, 0.1) is 13.8 Å². The third-order valence-corrected chi connectivity index (χ3v) is 6.55. The number of aryl methyl sites for hydroxylation is 3. The van der Waals surface area contributed by atoms with Crippen LogP contribution in [0.4, 0.5) is 5.00 Å². The summed E-state index contributed by atoms with van der Waals surface area (Å²) in [7, 11) is 0. The lowest BCUT2D eigenvalue weighted by atomic mass is 10.0. The van der Waals surface area contributed by atoms with E-state index in [2.05, 4.69) is 5.32 Å². The number of anilines is 1. The largest absolute Gasteiger partial charge is 0.464 e. The molecule has 1 N–H and O–H groups in total. The van der Waals surface area contributed by atoms with Gasteiger partial charge in [-0.3, -0.25) is 4.79 Å². The molecule has 0 atom stereocenters. The summed E-state index contributed by atoms with van der Waals surface area (Å²) in [4.78, 5) is 26.4. The summed E-state index contributed by atoms with van der Waals surface area (Å²) in [5, 5.41) is 4.51. The standard InChI is InChI=1S/C22H23NO4S/c1-4-26-22(25)19-16-6-5-7-17(16)28-21(19)23-18(24)10-14-11-27-20-13(3)12(2)8-9-15(14)20/h8-9,11H,4-7,10H2,1-3H3,(H,23,24). The van der Waals surface area contributed by atoms with E-state index in [1.54, 1.807) is 13.2 Å². The zero-order valence-corrected chi connectivity index (χ0v) is 17.1. The molecule has 0 bridgehead atoms. The van der Waals surface area contributed by atoms with Crippen molar-refractivity contribution in [3.05, 3.63) is 51.1 Å². The number of carbonyl (C=O) groups is 2. The van der Waals surface area contributed by atoms with Gasteiger partial charge in [0.2, 0.25) is 5.91 Å². The maximum atomic E-state index is 12.7. The Bertz CT molecular complexity index is 1080. The molecule has 2 heterocycles. The van der Waals surface area contributed by atoms with Gasteiger partial charge >= 0.3 is 5.97 Å². The third-order valence-electron chi connectivity index (χ3n) is 5.35. The van der Waals surface area contributed by atoms with Gasteiger partial charge in [-0.2, -0.15) is 0 Å². The van der Waals surface area contributed by atoms with E-state index in [9.17, 15) is 9.59 Å². The van der Waals surface area contributed by atoms with Crippen molar-refractivity contribution in [3.63, 3.8) is 0 Å². The number of esters is 1. The molecule has 1 amide bonds. The minimum Gasteiger partial charge on any atom is -0.464 e. The first-order chi connectivity index (χ1) is 13.5. The van der Waals surface area contributed by atoms with Gasteiger partial charge < -0.3 is 14.5 Å². The third kappa shape index (κ3) is 3.22. The topological polar surface area (TPSA) is 68.5 Å². The molecule has 4 rings (SSSR count). The molecular formula is C22H23NO4S. The zero-order valence-electron chi connectivity index (χ0n) is 16.3. The average Bonchev–Trinajstić information content (AvgIpc) is 3.33. The highest BCUT2D eigenvalue weighted by atomic mass is 32.1. The summed E-state index contributed by atoms with van der Waals surface area (Å²) in [6.07, 6.45) is 4.70. The van der Waals surface area contributed by atoms with Crippen LogP contribution in [0.25, 0.3) is 11.0 Å².